The summed E-state index contributed by atoms with van der Waals surface area (Å²) in [5, 5.41) is 13.7. The Kier molecular flexibility index (Phi) is 3.71. The molecule has 96 valence electrons. The van der Waals surface area contributed by atoms with Crippen molar-refractivity contribution in [3.63, 3.8) is 0 Å². The smallest absolute Gasteiger partial charge is 0.176 e. The van der Waals surface area contributed by atoms with E-state index < -0.39 is 7.55 Å². The highest BCUT2D eigenvalue weighted by molar-refractivity contribution is 7.75. The molecule has 2 aromatic carbocycles. The van der Waals surface area contributed by atoms with E-state index in [0.29, 0.717) is 5.71 Å². The average Bonchev–Trinajstić information content (AvgIpc) is 2.52. The van der Waals surface area contributed by atoms with Crippen LogP contribution in [0.2, 0.25) is 0 Å². The minimum absolute atomic E-state index is 0.367. The zero-order valence-electron chi connectivity index (χ0n) is 11.0. The van der Waals surface area contributed by atoms with Crippen LogP contribution < -0.4 is 10.6 Å². The molecule has 0 unspecified atom stereocenters. The van der Waals surface area contributed by atoms with E-state index >= 15 is 0 Å². The third-order valence-electron chi connectivity index (χ3n) is 3.15. The number of rotatable bonds is 2. The first-order chi connectivity index (χ1) is 9.86. The molecule has 0 atom stereocenters. The Hall–Kier alpha value is -2.24. The molecule has 0 N–H and O–H groups in total. The monoisotopic (exact) mass is 275 g/mol. The van der Waals surface area contributed by atoms with Crippen molar-refractivity contribution in [3.05, 3.63) is 90.4 Å². The van der Waals surface area contributed by atoms with E-state index in [4.69, 9.17) is 0 Å². The fraction of sp³-hybridized carbons (Fsp3) is 0. The van der Waals surface area contributed by atoms with Gasteiger partial charge in [0, 0.05) is 0 Å². The van der Waals surface area contributed by atoms with E-state index in [2.05, 4.69) is 24.3 Å². The molecule has 2 heteroatoms. The van der Waals surface area contributed by atoms with E-state index in [1.165, 1.54) is 10.6 Å². The van der Waals surface area contributed by atoms with E-state index in [9.17, 15) is 5.41 Å². The van der Waals surface area contributed by atoms with Crippen molar-refractivity contribution < 1.29 is 0 Å². The summed E-state index contributed by atoms with van der Waals surface area (Å²) in [5.74, 6) is 0. The predicted molar refractivity (Wildman–Crippen MR) is 90.7 cm³/mol. The minimum Gasteiger partial charge on any atom is -0.800 e. The lowest BCUT2D eigenvalue weighted by Gasteiger charge is -2.10. The lowest BCUT2D eigenvalue weighted by Crippen LogP contribution is -2.17. The van der Waals surface area contributed by atoms with Gasteiger partial charge in [0.05, 0.1) is 0 Å². The number of hydrogen-bond donors (Lipinski definition) is 0. The molecule has 20 heavy (non-hydrogen) atoms. The highest BCUT2D eigenvalue weighted by atomic mass is 31.1. The molecule has 0 fully saturated rings. The van der Waals surface area contributed by atoms with Gasteiger partial charge in [0.2, 0.25) is 0 Å². The largest absolute Gasteiger partial charge is 0.800 e. The average molecular weight is 275 g/mol. The first kappa shape index (κ1) is 12.8. The molecular formula is C18H14NP. The van der Waals surface area contributed by atoms with E-state index in [-0.39, 0.29) is 0 Å². The third-order valence-corrected chi connectivity index (χ3v) is 5.64. The molecule has 1 aliphatic carbocycles. The van der Waals surface area contributed by atoms with Crippen molar-refractivity contribution in [2.75, 3.05) is 0 Å². The van der Waals surface area contributed by atoms with Gasteiger partial charge in [-0.3, -0.25) is 0 Å². The van der Waals surface area contributed by atoms with Crippen LogP contribution in [0.5, 0.6) is 0 Å². The zero-order valence-corrected chi connectivity index (χ0v) is 11.9. The summed E-state index contributed by atoms with van der Waals surface area (Å²) in [5.41, 5.74) is 0.367. The third kappa shape index (κ3) is 2.54. The molecule has 0 bridgehead atoms. The maximum atomic E-state index is 10.2. The summed E-state index contributed by atoms with van der Waals surface area (Å²) in [6.07, 6.45) is 7.62. The highest BCUT2D eigenvalue weighted by Gasteiger charge is 2.23. The Bertz CT molecular complexity index is 668. The Morgan fingerprint density at radius 1 is 0.650 bits per heavy atom. The molecule has 2 aromatic rings. The van der Waals surface area contributed by atoms with Crippen LogP contribution in [0.1, 0.15) is 0 Å². The van der Waals surface area contributed by atoms with Crippen molar-refractivity contribution in [2.45, 2.75) is 0 Å². The fourth-order valence-corrected chi connectivity index (χ4v) is 4.57. The van der Waals surface area contributed by atoms with Gasteiger partial charge in [0.25, 0.3) is 0 Å². The second-order valence-electron chi connectivity index (χ2n) is 4.50. The first-order valence-corrected chi connectivity index (χ1v) is 7.88. The summed E-state index contributed by atoms with van der Waals surface area (Å²) in [7, 11) is -0.717. The van der Waals surface area contributed by atoms with Gasteiger partial charge in [-0.25, -0.2) is 0 Å². The van der Waals surface area contributed by atoms with Gasteiger partial charge in [0.15, 0.2) is 18.2 Å². The zero-order chi connectivity index (χ0) is 13.8. The van der Waals surface area contributed by atoms with Crippen molar-refractivity contribution in [2.24, 2.45) is 0 Å². The lowest BCUT2D eigenvalue weighted by atomic mass is 10.2. The molecule has 0 aliphatic heterocycles. The Balaban J connectivity index is 2.25. The first-order valence-electron chi connectivity index (χ1n) is 6.54. The standard InChI is InChI=1S/C18H14NP/c19-17-13-7-8-14-18(17)20(15-9-3-1-4-10-15)16-11-5-2-6-12-16/h1-14H. The summed E-state index contributed by atoms with van der Waals surface area (Å²) in [6, 6.07) is 20.8. The van der Waals surface area contributed by atoms with Crippen LogP contribution >= 0.6 is 7.55 Å². The second kappa shape index (κ2) is 5.81. The van der Waals surface area contributed by atoms with Crippen molar-refractivity contribution in [1.29, 1.82) is 0 Å². The molecule has 3 rings (SSSR count). The SMILES string of the molecule is [N-]=C1C=CC=CC1=[P+](c1ccccc1)c1ccccc1. The van der Waals surface area contributed by atoms with Gasteiger partial charge < -0.3 is 5.41 Å². The Morgan fingerprint density at radius 3 is 1.65 bits per heavy atom. The van der Waals surface area contributed by atoms with Crippen molar-refractivity contribution in [1.82, 2.24) is 0 Å². The minimum atomic E-state index is -0.717. The van der Waals surface area contributed by atoms with Gasteiger partial charge in [-0.15, -0.1) is 5.71 Å². The molecule has 0 amide bonds. The van der Waals surface area contributed by atoms with Crippen LogP contribution in [0.4, 0.5) is 0 Å². The van der Waals surface area contributed by atoms with Crippen LogP contribution in [0.15, 0.2) is 85.0 Å². The molecule has 1 aliphatic rings. The quantitative estimate of drug-likeness (QED) is 0.749. The van der Waals surface area contributed by atoms with E-state index in [0.717, 1.165) is 5.29 Å². The molecular weight excluding hydrogens is 261 g/mol. The van der Waals surface area contributed by atoms with Crippen LogP contribution in [0, 0.1) is 0 Å². The summed E-state index contributed by atoms with van der Waals surface area (Å²) in [4.78, 5) is 0. The summed E-state index contributed by atoms with van der Waals surface area (Å²) < 4.78 is 0. The molecule has 0 radical (unpaired) electrons. The molecule has 0 saturated carbocycles. The lowest BCUT2D eigenvalue weighted by molar-refractivity contribution is 1.76. The highest BCUT2D eigenvalue weighted by Crippen LogP contribution is 2.26. The fourth-order valence-electron chi connectivity index (χ4n) is 2.23. The van der Waals surface area contributed by atoms with Crippen LogP contribution in [-0.4, -0.2) is 11.0 Å². The van der Waals surface area contributed by atoms with Crippen LogP contribution in [0.3, 0.4) is 0 Å². The Labute approximate surface area is 120 Å². The summed E-state index contributed by atoms with van der Waals surface area (Å²) in [6.45, 7) is 0. The topological polar surface area (TPSA) is 22.3 Å². The van der Waals surface area contributed by atoms with E-state index in [1.54, 1.807) is 6.08 Å². The number of nitrogens with zero attached hydrogens (tertiary/aromatic N) is 1. The molecule has 1 nitrogen and oxygen atoms in total. The van der Waals surface area contributed by atoms with Crippen molar-refractivity contribution in [3.8, 4) is 0 Å². The van der Waals surface area contributed by atoms with Crippen LogP contribution in [0.25, 0.3) is 5.41 Å². The summed E-state index contributed by atoms with van der Waals surface area (Å²) >= 11 is 0. The van der Waals surface area contributed by atoms with Crippen molar-refractivity contribution >= 4 is 29.2 Å². The van der Waals surface area contributed by atoms with E-state index in [1.807, 2.05) is 54.6 Å². The number of allylic oxidation sites excluding steroid dienone is 4. The van der Waals surface area contributed by atoms with Gasteiger partial charge >= 0.3 is 0 Å². The Morgan fingerprint density at radius 2 is 1.15 bits per heavy atom. The normalized spacial score (nSPS) is 13.6. The number of hydrogen-bond acceptors (Lipinski definition) is 0. The maximum absolute atomic E-state index is 10.2. The molecule has 0 saturated heterocycles. The molecule has 0 heterocycles. The van der Waals surface area contributed by atoms with Gasteiger partial charge in [-0.2, -0.15) is 0 Å². The van der Waals surface area contributed by atoms with Gasteiger partial charge in [-0.1, -0.05) is 54.6 Å². The van der Waals surface area contributed by atoms with Gasteiger partial charge in [0.1, 0.15) is 5.29 Å². The second-order valence-corrected chi connectivity index (χ2v) is 6.68. The molecule has 0 spiro atoms. The van der Waals surface area contributed by atoms with Gasteiger partial charge in [-0.05, 0) is 30.3 Å². The van der Waals surface area contributed by atoms with Crippen LogP contribution in [-0.2, 0) is 0 Å². The molecule has 0 aromatic heterocycles. The maximum Gasteiger partial charge on any atom is 0.176 e. The predicted octanol–water partition coefficient (Wildman–Crippen LogP) is 3.43. The number of benzene rings is 2.